The maximum Gasteiger partial charge on any atom is 0.139 e. The van der Waals surface area contributed by atoms with E-state index in [0.717, 1.165) is 38.0 Å². The molecular weight excluding hydrogens is 412 g/mol. The highest BCUT2D eigenvalue weighted by molar-refractivity contribution is 8.00. The fourth-order valence-electron chi connectivity index (χ4n) is 8.56. The van der Waals surface area contributed by atoms with Gasteiger partial charge in [-0.2, -0.15) is 0 Å². The van der Waals surface area contributed by atoms with Crippen molar-refractivity contribution in [3.05, 3.63) is 42.5 Å². The minimum atomic E-state index is -0.219. The number of carbonyl (C=O) groups excluding carboxylic acids is 1. The van der Waals surface area contributed by atoms with E-state index in [-0.39, 0.29) is 16.8 Å². The fourth-order valence-corrected chi connectivity index (χ4v) is 9.96. The molecule has 2 aromatic carbocycles. The SMILES string of the molecule is C[C@]12C[C@H](Sc3ccc4ccccc4c3)[C@@H](O)C[C@@H]1CC[C@@H]1[C@@H]2CC[C@]2(C)C(=O)CC[C@@H]12. The van der Waals surface area contributed by atoms with Crippen molar-refractivity contribution in [3.63, 3.8) is 0 Å². The lowest BCUT2D eigenvalue weighted by Crippen LogP contribution is -2.56. The number of hydrogen-bond acceptors (Lipinski definition) is 3. The fraction of sp³-hybridized carbons (Fsp3) is 0.621. The van der Waals surface area contributed by atoms with Crippen LogP contribution >= 0.6 is 11.8 Å². The molecule has 0 unspecified atom stereocenters. The van der Waals surface area contributed by atoms with Crippen LogP contribution in [0.4, 0.5) is 0 Å². The molecule has 8 atom stereocenters. The van der Waals surface area contributed by atoms with Crippen molar-refractivity contribution in [2.75, 3.05) is 0 Å². The summed E-state index contributed by atoms with van der Waals surface area (Å²) < 4.78 is 0. The van der Waals surface area contributed by atoms with Crippen molar-refractivity contribution in [2.45, 2.75) is 81.5 Å². The monoisotopic (exact) mass is 448 g/mol. The van der Waals surface area contributed by atoms with E-state index < -0.39 is 0 Å². The summed E-state index contributed by atoms with van der Waals surface area (Å²) in [7, 11) is 0. The van der Waals surface area contributed by atoms with Gasteiger partial charge < -0.3 is 5.11 Å². The quantitative estimate of drug-likeness (QED) is 0.544. The Morgan fingerprint density at radius 3 is 2.62 bits per heavy atom. The van der Waals surface area contributed by atoms with Gasteiger partial charge in [-0.05, 0) is 96.9 Å². The van der Waals surface area contributed by atoms with E-state index in [0.29, 0.717) is 29.0 Å². The van der Waals surface area contributed by atoms with Crippen LogP contribution in [0.5, 0.6) is 0 Å². The second-order valence-corrected chi connectivity index (χ2v) is 13.1. The third kappa shape index (κ3) is 3.14. The van der Waals surface area contributed by atoms with Crippen molar-refractivity contribution in [1.82, 2.24) is 0 Å². The molecule has 4 aliphatic carbocycles. The Balaban J connectivity index is 1.26. The molecule has 2 nitrogen and oxygen atoms in total. The average Bonchev–Trinajstić information content (AvgIpc) is 3.09. The molecule has 0 heterocycles. The van der Waals surface area contributed by atoms with Crippen molar-refractivity contribution < 1.29 is 9.90 Å². The Morgan fingerprint density at radius 1 is 0.969 bits per heavy atom. The first kappa shape index (κ1) is 21.2. The van der Waals surface area contributed by atoms with E-state index in [1.54, 1.807) is 0 Å². The summed E-state index contributed by atoms with van der Waals surface area (Å²) in [5.74, 6) is 3.20. The number of aliphatic hydroxyl groups is 1. The summed E-state index contributed by atoms with van der Waals surface area (Å²) in [5, 5.41) is 14.0. The number of rotatable bonds is 2. The zero-order valence-corrected chi connectivity index (χ0v) is 20.2. The number of ketones is 1. The molecule has 2 aromatic rings. The Labute approximate surface area is 196 Å². The molecule has 0 spiro atoms. The van der Waals surface area contributed by atoms with Crippen LogP contribution in [0.15, 0.2) is 47.4 Å². The molecule has 170 valence electrons. The summed E-state index contributed by atoms with van der Waals surface area (Å²) >= 11 is 1.90. The number of Topliss-reactive ketones (excluding diaryl/α,β-unsaturated/α-hetero) is 1. The van der Waals surface area contributed by atoms with Crippen molar-refractivity contribution in [3.8, 4) is 0 Å². The number of fused-ring (bicyclic) bond motifs is 6. The van der Waals surface area contributed by atoms with E-state index >= 15 is 0 Å². The van der Waals surface area contributed by atoms with Gasteiger partial charge in [-0.25, -0.2) is 0 Å². The highest BCUT2D eigenvalue weighted by Gasteiger charge is 2.61. The van der Waals surface area contributed by atoms with Crippen molar-refractivity contribution in [2.24, 2.45) is 34.5 Å². The predicted molar refractivity (Wildman–Crippen MR) is 132 cm³/mol. The predicted octanol–water partition coefficient (Wildman–Crippen LogP) is 6.88. The summed E-state index contributed by atoms with van der Waals surface area (Å²) in [4.78, 5) is 14.0. The Bertz CT molecular complexity index is 1050. The molecule has 1 N–H and O–H groups in total. The third-order valence-electron chi connectivity index (χ3n) is 10.4. The highest BCUT2D eigenvalue weighted by Crippen LogP contribution is 2.66. The molecular formula is C29H36O2S. The number of carbonyl (C=O) groups is 1. The van der Waals surface area contributed by atoms with Gasteiger partial charge in [0.2, 0.25) is 0 Å². The van der Waals surface area contributed by atoms with Crippen molar-refractivity contribution in [1.29, 1.82) is 0 Å². The first-order valence-electron chi connectivity index (χ1n) is 12.8. The van der Waals surface area contributed by atoms with Crippen LogP contribution in [0.2, 0.25) is 0 Å². The second-order valence-electron chi connectivity index (χ2n) is 11.7. The van der Waals surface area contributed by atoms with Gasteiger partial charge in [-0.15, -0.1) is 11.8 Å². The van der Waals surface area contributed by atoms with Crippen LogP contribution < -0.4 is 0 Å². The molecule has 6 rings (SSSR count). The molecule has 0 aliphatic heterocycles. The highest BCUT2D eigenvalue weighted by atomic mass is 32.2. The third-order valence-corrected chi connectivity index (χ3v) is 11.7. The summed E-state index contributed by atoms with van der Waals surface area (Å²) in [6.07, 6.45) is 8.57. The van der Waals surface area contributed by atoms with Crippen LogP contribution in [-0.2, 0) is 4.79 Å². The largest absolute Gasteiger partial charge is 0.392 e. The topological polar surface area (TPSA) is 37.3 Å². The van der Waals surface area contributed by atoms with Crippen LogP contribution in [0, 0.1) is 34.5 Å². The lowest BCUT2D eigenvalue weighted by Gasteiger charge is -2.61. The number of thioether (sulfide) groups is 1. The lowest BCUT2D eigenvalue weighted by molar-refractivity contribution is -0.141. The second kappa shape index (κ2) is 7.60. The molecule has 32 heavy (non-hydrogen) atoms. The first-order valence-corrected chi connectivity index (χ1v) is 13.6. The van der Waals surface area contributed by atoms with Gasteiger partial charge in [-0.1, -0.05) is 44.2 Å². The van der Waals surface area contributed by atoms with Crippen LogP contribution in [0.1, 0.15) is 65.2 Å². The zero-order chi connectivity index (χ0) is 22.1. The summed E-state index contributed by atoms with van der Waals surface area (Å²) in [6.45, 7) is 4.83. The number of benzene rings is 2. The maximum absolute atomic E-state index is 12.7. The Kier molecular flexibility index (Phi) is 5.04. The van der Waals surface area contributed by atoms with E-state index in [1.807, 2.05) is 11.8 Å². The van der Waals surface area contributed by atoms with Gasteiger partial charge >= 0.3 is 0 Å². The average molecular weight is 449 g/mol. The minimum absolute atomic E-state index is 0.0439. The van der Waals surface area contributed by atoms with Crippen LogP contribution in [0.3, 0.4) is 0 Å². The first-order chi connectivity index (χ1) is 15.4. The van der Waals surface area contributed by atoms with Gasteiger partial charge in [-0.3, -0.25) is 4.79 Å². The van der Waals surface area contributed by atoms with E-state index in [4.69, 9.17) is 0 Å². The molecule has 0 aromatic heterocycles. The molecule has 0 amide bonds. The molecule has 0 bridgehead atoms. The Hall–Kier alpha value is -1.32. The summed E-state index contributed by atoms with van der Waals surface area (Å²) in [5.41, 5.74) is 0.251. The molecule has 4 fully saturated rings. The molecule has 3 heteroatoms. The van der Waals surface area contributed by atoms with E-state index in [9.17, 15) is 9.90 Å². The van der Waals surface area contributed by atoms with Gasteiger partial charge in [0.25, 0.3) is 0 Å². The standard InChI is InChI=1S/C29H36O2S/c1-28-14-13-24-22(23(28)11-12-27(28)31)10-8-20-16-25(30)26(17-29(20,24)2)32-21-9-7-18-5-3-4-6-19(18)15-21/h3-7,9,15,20,22-26,30H,8,10-14,16-17H2,1-2H3/t20-,22-,23-,24-,25-,26-,28-,29-/m0/s1. The summed E-state index contributed by atoms with van der Waals surface area (Å²) in [6, 6.07) is 15.3. The van der Waals surface area contributed by atoms with E-state index in [1.165, 1.54) is 34.9 Å². The molecule has 0 saturated heterocycles. The molecule has 4 aliphatic rings. The molecule has 4 saturated carbocycles. The van der Waals surface area contributed by atoms with Crippen molar-refractivity contribution >= 4 is 28.3 Å². The van der Waals surface area contributed by atoms with Gasteiger partial charge in [0, 0.05) is 22.0 Å². The number of hydrogen-bond donors (Lipinski definition) is 1. The lowest BCUT2D eigenvalue weighted by atomic mass is 9.45. The normalized spacial score (nSPS) is 43.5. The zero-order valence-electron chi connectivity index (χ0n) is 19.4. The smallest absolute Gasteiger partial charge is 0.139 e. The number of aliphatic hydroxyl groups excluding tert-OH is 1. The van der Waals surface area contributed by atoms with Crippen LogP contribution in [-0.4, -0.2) is 22.2 Å². The van der Waals surface area contributed by atoms with Gasteiger partial charge in [0.15, 0.2) is 0 Å². The van der Waals surface area contributed by atoms with Gasteiger partial charge in [0.1, 0.15) is 5.78 Å². The van der Waals surface area contributed by atoms with E-state index in [2.05, 4.69) is 56.3 Å². The maximum atomic E-state index is 12.7. The molecule has 0 radical (unpaired) electrons. The van der Waals surface area contributed by atoms with Gasteiger partial charge in [0.05, 0.1) is 6.10 Å². The minimum Gasteiger partial charge on any atom is -0.392 e. The Morgan fingerprint density at radius 2 is 1.78 bits per heavy atom. The van der Waals surface area contributed by atoms with Crippen LogP contribution in [0.25, 0.3) is 10.8 Å².